The Hall–Kier alpha value is -1.35. The number of nitrogens with zero attached hydrogens (tertiary/aromatic N) is 3. The molecule has 0 radical (unpaired) electrons. The fourth-order valence-electron chi connectivity index (χ4n) is 3.09. The topological polar surface area (TPSA) is 39.9 Å². The first-order valence-corrected chi connectivity index (χ1v) is 10.4. The van der Waals surface area contributed by atoms with Crippen molar-refractivity contribution in [3.63, 3.8) is 0 Å². The van der Waals surface area contributed by atoms with Crippen molar-refractivity contribution in [3.8, 4) is 16.5 Å². The second-order valence-corrected chi connectivity index (χ2v) is 8.26. The molecule has 0 bridgehead atoms. The fourth-order valence-corrected chi connectivity index (χ4v) is 4.91. The maximum atomic E-state index is 9.86. The Morgan fingerprint density at radius 3 is 3.00 bits per heavy atom. The number of fused-ring (bicyclic) bond motifs is 1. The summed E-state index contributed by atoms with van der Waals surface area (Å²) < 4.78 is 0. The van der Waals surface area contributed by atoms with E-state index in [1.165, 1.54) is 35.4 Å². The summed E-state index contributed by atoms with van der Waals surface area (Å²) in [5.74, 6) is 1.04. The van der Waals surface area contributed by atoms with Crippen molar-refractivity contribution in [1.29, 1.82) is 5.26 Å². The molecule has 0 aliphatic carbocycles. The van der Waals surface area contributed by atoms with Gasteiger partial charge in [0.15, 0.2) is 0 Å². The number of thioether (sulfide) groups is 1. The third kappa shape index (κ3) is 3.66. The highest BCUT2D eigenvalue weighted by atomic mass is 32.2. The molecular weight excluding hydrogens is 334 g/mol. The summed E-state index contributed by atoms with van der Waals surface area (Å²) in [5, 5.41) is 12.9. The smallest absolute Gasteiger partial charge is 0.115 e. The van der Waals surface area contributed by atoms with Crippen LogP contribution in [0, 0.1) is 11.3 Å². The summed E-state index contributed by atoms with van der Waals surface area (Å²) >= 11 is 3.47. The highest BCUT2D eigenvalue weighted by molar-refractivity contribution is 7.99. The first-order chi connectivity index (χ1) is 11.7. The van der Waals surface area contributed by atoms with E-state index in [2.05, 4.69) is 42.5 Å². The Bertz CT molecular complexity index is 732. The van der Waals surface area contributed by atoms with Crippen LogP contribution in [0.5, 0.6) is 0 Å². The molecule has 3 heterocycles. The standard InChI is InChI=1S/C19H23N3S2/c1-3-4-5-10-24-19-14(12-20)18(17-7-6-11-23-17)15-13-22(2)9-8-16(15)21-19/h6-7,11H,3-5,8-10,13H2,1-2H3. The number of hydrogen-bond donors (Lipinski definition) is 0. The second kappa shape index (κ2) is 8.15. The number of aromatic nitrogens is 1. The van der Waals surface area contributed by atoms with E-state index < -0.39 is 0 Å². The van der Waals surface area contributed by atoms with Crippen molar-refractivity contribution < 1.29 is 0 Å². The zero-order valence-electron chi connectivity index (χ0n) is 14.3. The quantitative estimate of drug-likeness (QED) is 0.541. The summed E-state index contributed by atoms with van der Waals surface area (Å²) in [7, 11) is 2.14. The largest absolute Gasteiger partial charge is 0.302 e. The molecule has 1 aliphatic rings. The van der Waals surface area contributed by atoms with Gasteiger partial charge in [-0.1, -0.05) is 25.8 Å². The summed E-state index contributed by atoms with van der Waals surface area (Å²) in [6, 6.07) is 6.65. The van der Waals surface area contributed by atoms with E-state index in [0.29, 0.717) is 0 Å². The molecule has 0 spiro atoms. The molecular formula is C19H23N3S2. The predicted octanol–water partition coefficient (Wildman–Crippen LogP) is 4.95. The molecule has 0 unspecified atom stereocenters. The van der Waals surface area contributed by atoms with E-state index >= 15 is 0 Å². The molecule has 24 heavy (non-hydrogen) atoms. The van der Waals surface area contributed by atoms with Gasteiger partial charge in [0.25, 0.3) is 0 Å². The summed E-state index contributed by atoms with van der Waals surface area (Å²) in [6.07, 6.45) is 4.61. The Labute approximate surface area is 152 Å². The molecule has 3 nitrogen and oxygen atoms in total. The van der Waals surface area contributed by atoms with Crippen LogP contribution in [0.15, 0.2) is 22.5 Å². The average Bonchev–Trinajstić information content (AvgIpc) is 3.11. The minimum atomic E-state index is 0.771. The van der Waals surface area contributed by atoms with Gasteiger partial charge >= 0.3 is 0 Å². The third-order valence-electron chi connectivity index (χ3n) is 4.37. The Morgan fingerprint density at radius 2 is 2.29 bits per heavy atom. The zero-order chi connectivity index (χ0) is 16.9. The van der Waals surface area contributed by atoms with Crippen molar-refractivity contribution in [2.24, 2.45) is 0 Å². The summed E-state index contributed by atoms with van der Waals surface area (Å²) in [6.45, 7) is 4.13. The van der Waals surface area contributed by atoms with Crippen LogP contribution in [0.2, 0.25) is 0 Å². The molecule has 0 fully saturated rings. The Balaban J connectivity index is 2.05. The molecule has 3 rings (SSSR count). The lowest BCUT2D eigenvalue weighted by Crippen LogP contribution is -2.28. The molecule has 2 aromatic heterocycles. The van der Waals surface area contributed by atoms with Gasteiger partial charge in [-0.3, -0.25) is 0 Å². The van der Waals surface area contributed by atoms with Crippen LogP contribution in [-0.4, -0.2) is 29.2 Å². The van der Waals surface area contributed by atoms with Gasteiger partial charge in [-0.15, -0.1) is 23.1 Å². The average molecular weight is 358 g/mol. The molecule has 0 amide bonds. The number of rotatable bonds is 6. The van der Waals surface area contributed by atoms with E-state index in [1.807, 2.05) is 0 Å². The number of unbranched alkanes of at least 4 members (excludes halogenated alkanes) is 2. The molecule has 2 aromatic rings. The van der Waals surface area contributed by atoms with Crippen LogP contribution in [0.1, 0.15) is 43.0 Å². The number of likely N-dealkylation sites (N-methyl/N-ethyl adjacent to an activating group) is 1. The van der Waals surface area contributed by atoms with Gasteiger partial charge in [0.2, 0.25) is 0 Å². The number of hydrogen-bond acceptors (Lipinski definition) is 5. The van der Waals surface area contributed by atoms with Crippen molar-refractivity contribution in [2.75, 3.05) is 19.3 Å². The molecule has 1 aliphatic heterocycles. The molecule has 0 atom stereocenters. The maximum absolute atomic E-state index is 9.86. The molecule has 0 saturated carbocycles. The lowest BCUT2D eigenvalue weighted by Gasteiger charge is -2.27. The SMILES string of the molecule is CCCCCSc1nc2c(c(-c3cccs3)c1C#N)CN(C)CC2. The molecule has 0 saturated heterocycles. The van der Waals surface area contributed by atoms with Crippen molar-refractivity contribution >= 4 is 23.1 Å². The minimum absolute atomic E-state index is 0.771. The highest BCUT2D eigenvalue weighted by Gasteiger charge is 2.25. The van der Waals surface area contributed by atoms with Crippen LogP contribution in [0.25, 0.3) is 10.4 Å². The van der Waals surface area contributed by atoms with E-state index in [4.69, 9.17) is 4.98 Å². The molecule has 0 aromatic carbocycles. The van der Waals surface area contributed by atoms with Gasteiger partial charge in [0.05, 0.1) is 5.56 Å². The monoisotopic (exact) mass is 357 g/mol. The molecule has 0 N–H and O–H groups in total. The lowest BCUT2D eigenvalue weighted by molar-refractivity contribution is 0.310. The normalized spacial score (nSPS) is 14.4. The third-order valence-corrected chi connectivity index (χ3v) is 6.32. The van der Waals surface area contributed by atoms with Crippen molar-refractivity contribution in [3.05, 3.63) is 34.3 Å². The van der Waals surface area contributed by atoms with E-state index in [0.717, 1.165) is 41.4 Å². The van der Waals surface area contributed by atoms with Crippen LogP contribution in [0.4, 0.5) is 0 Å². The molecule has 126 valence electrons. The van der Waals surface area contributed by atoms with Crippen LogP contribution < -0.4 is 0 Å². The van der Waals surface area contributed by atoms with Crippen LogP contribution >= 0.6 is 23.1 Å². The Morgan fingerprint density at radius 1 is 1.42 bits per heavy atom. The van der Waals surface area contributed by atoms with E-state index in [1.54, 1.807) is 23.1 Å². The first kappa shape index (κ1) is 17.5. The van der Waals surface area contributed by atoms with Crippen molar-refractivity contribution in [1.82, 2.24) is 9.88 Å². The van der Waals surface area contributed by atoms with E-state index in [9.17, 15) is 5.26 Å². The van der Waals surface area contributed by atoms with Crippen LogP contribution in [-0.2, 0) is 13.0 Å². The number of pyridine rings is 1. The van der Waals surface area contributed by atoms with Gasteiger partial charge in [0, 0.05) is 35.6 Å². The van der Waals surface area contributed by atoms with Gasteiger partial charge < -0.3 is 4.90 Å². The zero-order valence-corrected chi connectivity index (χ0v) is 16.0. The highest BCUT2D eigenvalue weighted by Crippen LogP contribution is 2.39. The van der Waals surface area contributed by atoms with Gasteiger partial charge in [-0.05, 0) is 36.2 Å². The summed E-state index contributed by atoms with van der Waals surface area (Å²) in [4.78, 5) is 8.41. The number of nitriles is 1. The van der Waals surface area contributed by atoms with Gasteiger partial charge in [-0.2, -0.15) is 5.26 Å². The summed E-state index contributed by atoms with van der Waals surface area (Å²) in [5.41, 5.74) is 4.34. The van der Waals surface area contributed by atoms with Crippen molar-refractivity contribution in [2.45, 2.75) is 44.2 Å². The maximum Gasteiger partial charge on any atom is 0.115 e. The number of thiophene rings is 1. The minimum Gasteiger partial charge on any atom is -0.302 e. The van der Waals surface area contributed by atoms with Gasteiger partial charge in [0.1, 0.15) is 11.1 Å². The van der Waals surface area contributed by atoms with Crippen LogP contribution in [0.3, 0.4) is 0 Å². The molecule has 5 heteroatoms. The predicted molar refractivity (Wildman–Crippen MR) is 103 cm³/mol. The second-order valence-electron chi connectivity index (χ2n) is 6.22. The lowest BCUT2D eigenvalue weighted by atomic mass is 9.96. The Kier molecular flexibility index (Phi) is 5.94. The fraction of sp³-hybridized carbons (Fsp3) is 0.474. The first-order valence-electron chi connectivity index (χ1n) is 8.55. The van der Waals surface area contributed by atoms with E-state index in [-0.39, 0.29) is 0 Å². The van der Waals surface area contributed by atoms with Gasteiger partial charge in [-0.25, -0.2) is 4.98 Å².